The Morgan fingerprint density at radius 1 is 1.08 bits per heavy atom. The topological polar surface area (TPSA) is 104 Å². The molecule has 0 saturated heterocycles. The van der Waals surface area contributed by atoms with Crippen LogP contribution in [-0.2, 0) is 14.8 Å². The van der Waals surface area contributed by atoms with E-state index >= 15 is 0 Å². The van der Waals surface area contributed by atoms with Gasteiger partial charge in [0, 0.05) is 0 Å². The summed E-state index contributed by atoms with van der Waals surface area (Å²) in [6, 6.07) is 8.17. The summed E-state index contributed by atoms with van der Waals surface area (Å²) < 4.78 is 41.0. The zero-order chi connectivity index (χ0) is 18.8. The Bertz CT molecular complexity index is 878. The van der Waals surface area contributed by atoms with E-state index in [4.69, 9.17) is 5.11 Å². The molecule has 0 bridgehead atoms. The number of hydrogen-bond acceptors (Lipinski definition) is 4. The Hall–Kier alpha value is -2.45. The number of benzene rings is 2. The van der Waals surface area contributed by atoms with Crippen molar-refractivity contribution in [1.29, 1.82) is 0 Å². The van der Waals surface area contributed by atoms with Crippen molar-refractivity contribution < 1.29 is 27.8 Å². The van der Waals surface area contributed by atoms with Gasteiger partial charge in [-0.3, -0.25) is 4.79 Å². The van der Waals surface area contributed by atoms with Gasteiger partial charge in [-0.1, -0.05) is 32.0 Å². The Morgan fingerprint density at radius 3 is 2.12 bits per heavy atom. The molecule has 0 radical (unpaired) electrons. The van der Waals surface area contributed by atoms with Crippen molar-refractivity contribution in [2.24, 2.45) is 5.92 Å². The van der Waals surface area contributed by atoms with Gasteiger partial charge in [0.2, 0.25) is 10.0 Å². The van der Waals surface area contributed by atoms with Gasteiger partial charge >= 0.3 is 5.97 Å². The zero-order valence-corrected chi connectivity index (χ0v) is 14.4. The largest absolute Gasteiger partial charge is 0.508 e. The number of aromatic hydroxyl groups is 1. The van der Waals surface area contributed by atoms with Crippen LogP contribution in [0.15, 0.2) is 47.4 Å². The SMILES string of the molecule is CC(C)C(NS(=O)(=O)c1ccc(-c2ccc(O)cc2)cc1F)C(=O)O. The summed E-state index contributed by atoms with van der Waals surface area (Å²) in [4.78, 5) is 10.5. The third-order valence-corrected chi connectivity index (χ3v) is 5.11. The molecule has 2 aromatic carbocycles. The molecule has 25 heavy (non-hydrogen) atoms. The van der Waals surface area contributed by atoms with Crippen LogP contribution >= 0.6 is 0 Å². The van der Waals surface area contributed by atoms with E-state index in [9.17, 15) is 22.7 Å². The molecular weight excluding hydrogens is 349 g/mol. The van der Waals surface area contributed by atoms with Crippen molar-refractivity contribution in [2.75, 3.05) is 0 Å². The number of aliphatic carboxylic acids is 1. The highest BCUT2D eigenvalue weighted by molar-refractivity contribution is 7.89. The van der Waals surface area contributed by atoms with Crippen LogP contribution in [0.25, 0.3) is 11.1 Å². The molecule has 134 valence electrons. The predicted molar refractivity (Wildman–Crippen MR) is 90.1 cm³/mol. The summed E-state index contributed by atoms with van der Waals surface area (Å²) in [7, 11) is -4.33. The van der Waals surface area contributed by atoms with Crippen LogP contribution < -0.4 is 4.72 Å². The normalized spacial score (nSPS) is 13.0. The van der Waals surface area contributed by atoms with Crippen LogP contribution in [0.4, 0.5) is 4.39 Å². The third-order valence-electron chi connectivity index (χ3n) is 3.64. The van der Waals surface area contributed by atoms with E-state index in [0.717, 1.165) is 12.1 Å². The van der Waals surface area contributed by atoms with Gasteiger partial charge < -0.3 is 10.2 Å². The standard InChI is InChI=1S/C17H18FNO5S/c1-10(2)16(17(21)22)19-25(23,24)15-8-5-12(9-14(15)18)11-3-6-13(20)7-4-11/h3-10,16,19-20H,1-2H3,(H,21,22). The highest BCUT2D eigenvalue weighted by atomic mass is 32.2. The van der Waals surface area contributed by atoms with E-state index in [1.807, 2.05) is 4.72 Å². The van der Waals surface area contributed by atoms with Gasteiger partial charge in [-0.2, -0.15) is 4.72 Å². The summed E-state index contributed by atoms with van der Waals surface area (Å²) in [6.45, 7) is 3.09. The molecule has 1 unspecified atom stereocenters. The van der Waals surface area contributed by atoms with Crippen molar-refractivity contribution in [3.63, 3.8) is 0 Å². The summed E-state index contributed by atoms with van der Waals surface area (Å²) in [5.41, 5.74) is 1.02. The first kappa shape index (κ1) is 18.9. The second kappa shape index (κ2) is 7.20. The molecule has 0 fully saturated rings. The van der Waals surface area contributed by atoms with E-state index in [1.54, 1.807) is 26.0 Å². The molecule has 3 N–H and O–H groups in total. The van der Waals surface area contributed by atoms with Crippen LogP contribution in [0, 0.1) is 11.7 Å². The van der Waals surface area contributed by atoms with E-state index in [1.165, 1.54) is 18.2 Å². The number of sulfonamides is 1. The predicted octanol–water partition coefficient (Wildman–Crippen LogP) is 2.59. The minimum Gasteiger partial charge on any atom is -0.508 e. The van der Waals surface area contributed by atoms with Gasteiger partial charge in [0.25, 0.3) is 0 Å². The van der Waals surface area contributed by atoms with Gasteiger partial charge in [0.1, 0.15) is 22.5 Å². The Morgan fingerprint density at radius 2 is 1.64 bits per heavy atom. The first-order chi connectivity index (χ1) is 11.6. The number of hydrogen-bond donors (Lipinski definition) is 3. The lowest BCUT2D eigenvalue weighted by molar-refractivity contribution is -0.140. The number of carboxylic acid groups (broad SMARTS) is 1. The average molecular weight is 367 g/mol. The fourth-order valence-corrected chi connectivity index (χ4v) is 3.65. The number of rotatable bonds is 6. The van der Waals surface area contributed by atoms with Crippen molar-refractivity contribution in [3.05, 3.63) is 48.3 Å². The minimum absolute atomic E-state index is 0.0565. The maximum absolute atomic E-state index is 14.3. The van der Waals surface area contributed by atoms with Gasteiger partial charge in [0.05, 0.1) is 0 Å². The molecule has 0 heterocycles. The molecule has 0 aromatic heterocycles. The summed E-state index contributed by atoms with van der Waals surface area (Å²) in [5.74, 6) is -2.78. The fourth-order valence-electron chi connectivity index (χ4n) is 2.25. The molecule has 2 aromatic rings. The maximum atomic E-state index is 14.3. The quantitative estimate of drug-likeness (QED) is 0.728. The molecule has 0 aliphatic carbocycles. The number of halogens is 1. The zero-order valence-electron chi connectivity index (χ0n) is 13.6. The third kappa shape index (κ3) is 4.34. The molecule has 0 saturated carbocycles. The molecule has 2 rings (SSSR count). The van der Waals surface area contributed by atoms with Crippen LogP contribution in [-0.4, -0.2) is 30.6 Å². The number of phenols is 1. The lowest BCUT2D eigenvalue weighted by Crippen LogP contribution is -2.44. The van der Waals surface area contributed by atoms with Crippen LogP contribution in [0.2, 0.25) is 0 Å². The molecule has 1 atom stereocenters. The second-order valence-corrected chi connectivity index (χ2v) is 7.56. The van der Waals surface area contributed by atoms with Gasteiger partial charge in [0.15, 0.2) is 0 Å². The lowest BCUT2D eigenvalue weighted by Gasteiger charge is -2.18. The minimum atomic E-state index is -4.33. The van der Waals surface area contributed by atoms with Crippen LogP contribution in [0.5, 0.6) is 5.75 Å². The number of phenolic OH excluding ortho intramolecular Hbond substituents is 1. The summed E-state index contributed by atoms with van der Waals surface area (Å²) in [6.07, 6.45) is 0. The molecule has 8 heteroatoms. The van der Waals surface area contributed by atoms with E-state index < -0.39 is 38.7 Å². The van der Waals surface area contributed by atoms with Crippen LogP contribution in [0.3, 0.4) is 0 Å². The molecule has 0 aliphatic rings. The monoisotopic (exact) mass is 367 g/mol. The van der Waals surface area contributed by atoms with Crippen molar-refractivity contribution in [2.45, 2.75) is 24.8 Å². The smallest absolute Gasteiger partial charge is 0.322 e. The fraction of sp³-hybridized carbons (Fsp3) is 0.235. The summed E-state index contributed by atoms with van der Waals surface area (Å²) >= 11 is 0. The molecule has 6 nitrogen and oxygen atoms in total. The molecular formula is C17H18FNO5S. The summed E-state index contributed by atoms with van der Waals surface area (Å²) in [5, 5.41) is 18.4. The van der Waals surface area contributed by atoms with E-state index in [-0.39, 0.29) is 5.75 Å². The van der Waals surface area contributed by atoms with E-state index in [2.05, 4.69) is 0 Å². The van der Waals surface area contributed by atoms with Crippen LogP contribution in [0.1, 0.15) is 13.8 Å². The highest BCUT2D eigenvalue weighted by Gasteiger charge is 2.29. The lowest BCUT2D eigenvalue weighted by atomic mass is 10.1. The number of carbonyl (C=O) groups is 1. The van der Waals surface area contributed by atoms with Crippen molar-refractivity contribution in [1.82, 2.24) is 4.72 Å². The average Bonchev–Trinajstić information content (AvgIpc) is 2.52. The Balaban J connectivity index is 2.36. The highest BCUT2D eigenvalue weighted by Crippen LogP contribution is 2.26. The first-order valence-electron chi connectivity index (χ1n) is 7.46. The van der Waals surface area contributed by atoms with Gasteiger partial charge in [-0.15, -0.1) is 0 Å². The Kier molecular flexibility index (Phi) is 5.44. The van der Waals surface area contributed by atoms with Gasteiger partial charge in [-0.25, -0.2) is 12.8 Å². The first-order valence-corrected chi connectivity index (χ1v) is 8.94. The molecule has 0 aliphatic heterocycles. The maximum Gasteiger partial charge on any atom is 0.322 e. The molecule has 0 amide bonds. The Labute approximate surface area is 145 Å². The second-order valence-electron chi connectivity index (χ2n) is 5.87. The van der Waals surface area contributed by atoms with Crippen molar-refractivity contribution >= 4 is 16.0 Å². The number of nitrogens with one attached hydrogen (secondary N) is 1. The van der Waals surface area contributed by atoms with Gasteiger partial charge in [-0.05, 0) is 41.3 Å². The number of carboxylic acids is 1. The molecule has 0 spiro atoms. The van der Waals surface area contributed by atoms with E-state index in [0.29, 0.717) is 11.1 Å². The van der Waals surface area contributed by atoms with Crippen molar-refractivity contribution in [3.8, 4) is 16.9 Å².